The lowest BCUT2D eigenvalue weighted by Crippen LogP contribution is -2.31. The van der Waals surface area contributed by atoms with Crippen molar-refractivity contribution in [1.82, 2.24) is 5.32 Å². The van der Waals surface area contributed by atoms with Gasteiger partial charge in [-0.3, -0.25) is 9.59 Å². The van der Waals surface area contributed by atoms with E-state index in [1.54, 1.807) is 12.1 Å². The first-order chi connectivity index (χ1) is 14.5. The second kappa shape index (κ2) is 8.25. The van der Waals surface area contributed by atoms with E-state index in [4.69, 9.17) is 0 Å². The smallest absolute Gasteiger partial charge is 0.264 e. The number of anilines is 1. The first-order valence-electron chi connectivity index (χ1n) is 9.77. The molecule has 0 fully saturated rings. The van der Waals surface area contributed by atoms with Crippen LogP contribution in [0, 0.1) is 6.92 Å². The third-order valence-corrected chi connectivity index (χ3v) is 5.16. The van der Waals surface area contributed by atoms with Crippen LogP contribution in [0.2, 0.25) is 0 Å². The standard InChI is InChI=1S/C25H22N2O3/c1-16-7-9-18(10-8-16)19-11-13-20(14-12-19)26-24(29)22-23(28)21(27-25(22)30)15-17-5-3-2-4-6-17/h2-14,21,28H,15H2,1H3,(H,26,29)(H,27,30). The van der Waals surface area contributed by atoms with E-state index in [9.17, 15) is 14.7 Å². The molecule has 1 aliphatic heterocycles. The number of hydrogen-bond acceptors (Lipinski definition) is 3. The third-order valence-electron chi connectivity index (χ3n) is 5.16. The lowest BCUT2D eigenvalue weighted by molar-refractivity contribution is -0.120. The molecule has 1 unspecified atom stereocenters. The first-order valence-corrected chi connectivity index (χ1v) is 9.77. The molecule has 3 aromatic rings. The van der Waals surface area contributed by atoms with Gasteiger partial charge in [0.25, 0.3) is 11.8 Å². The van der Waals surface area contributed by atoms with Crippen molar-refractivity contribution in [3.05, 3.63) is 101 Å². The summed E-state index contributed by atoms with van der Waals surface area (Å²) in [4.78, 5) is 24.9. The molecule has 0 aliphatic carbocycles. The molecule has 1 heterocycles. The topological polar surface area (TPSA) is 78.4 Å². The Labute approximate surface area is 175 Å². The molecule has 4 rings (SSSR count). The SMILES string of the molecule is Cc1ccc(-c2ccc(NC(=O)C3=C(O)C(Cc4ccccc4)NC3=O)cc2)cc1. The number of hydrogen-bond donors (Lipinski definition) is 3. The predicted octanol–water partition coefficient (Wildman–Crippen LogP) is 4.15. The number of nitrogens with one attached hydrogen (secondary N) is 2. The van der Waals surface area contributed by atoms with Crippen molar-refractivity contribution in [3.63, 3.8) is 0 Å². The fourth-order valence-corrected chi connectivity index (χ4v) is 3.49. The molecule has 1 aliphatic rings. The number of amides is 2. The monoisotopic (exact) mass is 398 g/mol. The summed E-state index contributed by atoms with van der Waals surface area (Å²) in [5.74, 6) is -1.41. The fraction of sp³-hybridized carbons (Fsp3) is 0.120. The molecule has 0 bridgehead atoms. The summed E-state index contributed by atoms with van der Waals surface area (Å²) in [5.41, 5.74) is 4.57. The van der Waals surface area contributed by atoms with E-state index >= 15 is 0 Å². The summed E-state index contributed by atoms with van der Waals surface area (Å²) in [6.07, 6.45) is 0.417. The van der Waals surface area contributed by atoms with Crippen molar-refractivity contribution in [2.75, 3.05) is 5.32 Å². The zero-order valence-electron chi connectivity index (χ0n) is 16.6. The average Bonchev–Trinajstić information content (AvgIpc) is 3.03. The molecule has 1 atom stereocenters. The van der Waals surface area contributed by atoms with E-state index in [0.29, 0.717) is 12.1 Å². The Hall–Kier alpha value is -3.86. The number of benzene rings is 3. The highest BCUT2D eigenvalue weighted by Crippen LogP contribution is 2.24. The summed E-state index contributed by atoms with van der Waals surface area (Å²) in [5, 5.41) is 15.9. The molecule has 3 N–H and O–H groups in total. The quantitative estimate of drug-likeness (QED) is 0.565. The number of aryl methyl sites for hydroxylation is 1. The maximum Gasteiger partial charge on any atom is 0.264 e. The van der Waals surface area contributed by atoms with Gasteiger partial charge in [-0.05, 0) is 42.2 Å². The van der Waals surface area contributed by atoms with Crippen LogP contribution in [-0.2, 0) is 16.0 Å². The molecule has 0 spiro atoms. The molecule has 0 saturated heterocycles. The first kappa shape index (κ1) is 19.5. The van der Waals surface area contributed by atoms with E-state index in [-0.39, 0.29) is 11.3 Å². The summed E-state index contributed by atoms with van der Waals surface area (Å²) >= 11 is 0. The van der Waals surface area contributed by atoms with Crippen LogP contribution in [0.3, 0.4) is 0 Å². The number of aliphatic hydroxyl groups excluding tert-OH is 1. The Morgan fingerprint density at radius 3 is 2.17 bits per heavy atom. The van der Waals surface area contributed by atoms with Gasteiger partial charge in [-0.1, -0.05) is 72.3 Å². The van der Waals surface area contributed by atoms with Gasteiger partial charge >= 0.3 is 0 Å². The average molecular weight is 398 g/mol. The summed E-state index contributed by atoms with van der Waals surface area (Å²) in [6.45, 7) is 2.04. The molecule has 5 heteroatoms. The highest BCUT2D eigenvalue weighted by atomic mass is 16.3. The van der Waals surface area contributed by atoms with Crippen LogP contribution in [0.25, 0.3) is 11.1 Å². The van der Waals surface area contributed by atoms with E-state index in [1.165, 1.54) is 5.56 Å². The molecule has 0 saturated carbocycles. The largest absolute Gasteiger partial charge is 0.509 e. The zero-order chi connectivity index (χ0) is 21.1. The normalized spacial score (nSPS) is 15.8. The Morgan fingerprint density at radius 2 is 1.53 bits per heavy atom. The number of carbonyl (C=O) groups excluding carboxylic acids is 2. The van der Waals surface area contributed by atoms with Crippen molar-refractivity contribution < 1.29 is 14.7 Å². The number of rotatable bonds is 5. The van der Waals surface area contributed by atoms with Gasteiger partial charge in [0.15, 0.2) is 0 Å². The molecule has 5 nitrogen and oxygen atoms in total. The molecule has 3 aromatic carbocycles. The van der Waals surface area contributed by atoms with Crippen LogP contribution in [0.5, 0.6) is 0 Å². The molecule has 2 amide bonds. The van der Waals surface area contributed by atoms with Gasteiger partial charge in [-0.15, -0.1) is 0 Å². The third kappa shape index (κ3) is 4.10. The van der Waals surface area contributed by atoms with Crippen LogP contribution in [0.15, 0.2) is 90.2 Å². The van der Waals surface area contributed by atoms with E-state index in [1.807, 2.05) is 73.7 Å². The maximum atomic E-state index is 12.6. The number of aliphatic hydroxyl groups is 1. The Balaban J connectivity index is 1.47. The van der Waals surface area contributed by atoms with Crippen molar-refractivity contribution >= 4 is 17.5 Å². The minimum absolute atomic E-state index is 0.224. The molecular formula is C25H22N2O3. The molecular weight excluding hydrogens is 376 g/mol. The number of carbonyl (C=O) groups is 2. The lowest BCUT2D eigenvalue weighted by atomic mass is 10.0. The van der Waals surface area contributed by atoms with Crippen LogP contribution in [0.4, 0.5) is 5.69 Å². The van der Waals surface area contributed by atoms with Gasteiger partial charge in [0, 0.05) is 5.69 Å². The van der Waals surface area contributed by atoms with Crippen LogP contribution in [0.1, 0.15) is 11.1 Å². The van der Waals surface area contributed by atoms with Gasteiger partial charge < -0.3 is 15.7 Å². The highest BCUT2D eigenvalue weighted by molar-refractivity contribution is 6.24. The van der Waals surface area contributed by atoms with Gasteiger partial charge in [-0.25, -0.2) is 0 Å². The Morgan fingerprint density at radius 1 is 0.933 bits per heavy atom. The van der Waals surface area contributed by atoms with E-state index < -0.39 is 17.9 Å². The minimum Gasteiger partial charge on any atom is -0.509 e. The van der Waals surface area contributed by atoms with E-state index in [0.717, 1.165) is 16.7 Å². The minimum atomic E-state index is -0.622. The van der Waals surface area contributed by atoms with Crippen molar-refractivity contribution in [2.24, 2.45) is 0 Å². The van der Waals surface area contributed by atoms with Gasteiger partial charge in [0.1, 0.15) is 11.3 Å². The van der Waals surface area contributed by atoms with Crippen molar-refractivity contribution in [2.45, 2.75) is 19.4 Å². The lowest BCUT2D eigenvalue weighted by Gasteiger charge is -2.10. The van der Waals surface area contributed by atoms with Crippen molar-refractivity contribution in [1.29, 1.82) is 0 Å². The maximum absolute atomic E-state index is 12.6. The van der Waals surface area contributed by atoms with E-state index in [2.05, 4.69) is 10.6 Å². The van der Waals surface area contributed by atoms with Gasteiger partial charge in [0.05, 0.1) is 6.04 Å². The second-order valence-corrected chi connectivity index (χ2v) is 7.37. The summed E-state index contributed by atoms with van der Waals surface area (Å²) < 4.78 is 0. The van der Waals surface area contributed by atoms with Gasteiger partial charge in [0.2, 0.25) is 0 Å². The highest BCUT2D eigenvalue weighted by Gasteiger charge is 2.36. The van der Waals surface area contributed by atoms with Gasteiger partial charge in [-0.2, -0.15) is 0 Å². The summed E-state index contributed by atoms with van der Waals surface area (Å²) in [6, 6.07) is 24.4. The van der Waals surface area contributed by atoms with Crippen molar-refractivity contribution in [3.8, 4) is 11.1 Å². The molecule has 0 aromatic heterocycles. The van der Waals surface area contributed by atoms with Crippen LogP contribution < -0.4 is 10.6 Å². The predicted molar refractivity (Wildman–Crippen MR) is 117 cm³/mol. The molecule has 150 valence electrons. The Bertz CT molecular complexity index is 1100. The Kier molecular flexibility index (Phi) is 5.35. The molecule has 30 heavy (non-hydrogen) atoms. The molecule has 0 radical (unpaired) electrons. The zero-order valence-corrected chi connectivity index (χ0v) is 16.6. The van der Waals surface area contributed by atoms with Crippen LogP contribution >= 0.6 is 0 Å². The second-order valence-electron chi connectivity index (χ2n) is 7.37. The summed E-state index contributed by atoms with van der Waals surface area (Å²) in [7, 11) is 0. The fourth-order valence-electron chi connectivity index (χ4n) is 3.49. The van der Waals surface area contributed by atoms with Crippen LogP contribution in [-0.4, -0.2) is 23.0 Å².